The number of hydrogen-bond donors (Lipinski definition) is 2. The van der Waals surface area contributed by atoms with Crippen LogP contribution in [-0.2, 0) is 4.79 Å². The first-order chi connectivity index (χ1) is 6.50. The number of carboxylic acids is 1. The van der Waals surface area contributed by atoms with Crippen molar-refractivity contribution in [3.8, 4) is 5.75 Å². The van der Waals surface area contributed by atoms with Crippen LogP contribution < -0.4 is 0 Å². The third-order valence-electron chi connectivity index (χ3n) is 2.19. The summed E-state index contributed by atoms with van der Waals surface area (Å²) in [6.45, 7) is 3.71. The van der Waals surface area contributed by atoms with Crippen molar-refractivity contribution in [2.45, 2.75) is 26.2 Å². The second-order valence-corrected chi connectivity index (χ2v) is 3.56. The Kier molecular flexibility index (Phi) is 3.12. The fraction of sp³-hybridized carbons (Fsp3) is 0.364. The Hall–Kier alpha value is -1.51. The summed E-state index contributed by atoms with van der Waals surface area (Å²) in [5, 5.41) is 18.1. The van der Waals surface area contributed by atoms with Crippen molar-refractivity contribution < 1.29 is 15.0 Å². The minimum Gasteiger partial charge on any atom is -0.508 e. The standard InChI is InChI=1S/C11H14O3/c1-7-3-4-10(12)9(5-7)8(2)6-11(13)14/h3-5,8,12H,6H2,1-2H3,(H,13,14). The molecule has 3 heteroatoms. The minimum absolute atomic E-state index is 0.0387. The molecule has 0 amide bonds. The highest BCUT2D eigenvalue weighted by Crippen LogP contribution is 2.28. The van der Waals surface area contributed by atoms with Gasteiger partial charge in [-0.05, 0) is 24.5 Å². The molecule has 0 aliphatic heterocycles. The van der Waals surface area contributed by atoms with Crippen molar-refractivity contribution in [3.63, 3.8) is 0 Å². The Labute approximate surface area is 83.0 Å². The maximum absolute atomic E-state index is 10.5. The summed E-state index contributed by atoms with van der Waals surface area (Å²) >= 11 is 0. The molecule has 1 atom stereocenters. The second kappa shape index (κ2) is 4.13. The number of carbonyl (C=O) groups is 1. The highest BCUT2D eigenvalue weighted by atomic mass is 16.4. The maximum atomic E-state index is 10.5. The predicted molar refractivity (Wildman–Crippen MR) is 53.5 cm³/mol. The smallest absolute Gasteiger partial charge is 0.303 e. The van der Waals surface area contributed by atoms with Crippen LogP contribution in [0, 0.1) is 6.92 Å². The maximum Gasteiger partial charge on any atom is 0.303 e. The largest absolute Gasteiger partial charge is 0.508 e. The van der Waals surface area contributed by atoms with Crippen LogP contribution in [0.15, 0.2) is 18.2 Å². The molecular weight excluding hydrogens is 180 g/mol. The van der Waals surface area contributed by atoms with E-state index in [1.165, 1.54) is 0 Å². The van der Waals surface area contributed by atoms with Gasteiger partial charge in [0.25, 0.3) is 0 Å². The molecule has 1 unspecified atom stereocenters. The van der Waals surface area contributed by atoms with E-state index in [0.717, 1.165) is 5.56 Å². The molecule has 0 bridgehead atoms. The van der Waals surface area contributed by atoms with E-state index in [1.54, 1.807) is 19.1 Å². The number of rotatable bonds is 3. The van der Waals surface area contributed by atoms with Crippen LogP contribution in [0.4, 0.5) is 0 Å². The third kappa shape index (κ3) is 2.49. The van der Waals surface area contributed by atoms with Crippen molar-refractivity contribution in [2.24, 2.45) is 0 Å². The van der Waals surface area contributed by atoms with E-state index in [2.05, 4.69) is 0 Å². The molecule has 0 aromatic heterocycles. The van der Waals surface area contributed by atoms with E-state index in [0.29, 0.717) is 5.56 Å². The van der Waals surface area contributed by atoms with Gasteiger partial charge >= 0.3 is 5.97 Å². The Balaban J connectivity index is 2.93. The Bertz CT molecular complexity index is 344. The molecule has 0 aliphatic carbocycles. The summed E-state index contributed by atoms with van der Waals surface area (Å²) in [5.74, 6) is -0.838. The first-order valence-electron chi connectivity index (χ1n) is 4.52. The minimum atomic E-state index is -0.849. The normalized spacial score (nSPS) is 12.4. The molecule has 0 radical (unpaired) electrons. The van der Waals surface area contributed by atoms with Gasteiger partial charge < -0.3 is 10.2 Å². The van der Waals surface area contributed by atoms with Crippen molar-refractivity contribution >= 4 is 5.97 Å². The van der Waals surface area contributed by atoms with Gasteiger partial charge in [-0.2, -0.15) is 0 Å². The first kappa shape index (κ1) is 10.6. The van der Waals surface area contributed by atoms with Gasteiger partial charge in [-0.25, -0.2) is 0 Å². The first-order valence-corrected chi connectivity index (χ1v) is 4.52. The Morgan fingerprint density at radius 3 is 2.71 bits per heavy atom. The van der Waals surface area contributed by atoms with Crippen molar-refractivity contribution in [3.05, 3.63) is 29.3 Å². The lowest BCUT2D eigenvalue weighted by Crippen LogP contribution is -2.03. The number of benzene rings is 1. The summed E-state index contributed by atoms with van der Waals surface area (Å²) in [4.78, 5) is 10.5. The molecule has 0 saturated heterocycles. The van der Waals surface area contributed by atoms with Crippen LogP contribution in [0.1, 0.15) is 30.4 Å². The van der Waals surface area contributed by atoms with Gasteiger partial charge in [-0.15, -0.1) is 0 Å². The molecule has 1 rings (SSSR count). The Morgan fingerprint density at radius 2 is 2.14 bits per heavy atom. The topological polar surface area (TPSA) is 57.5 Å². The van der Waals surface area contributed by atoms with Gasteiger partial charge in [0.05, 0.1) is 6.42 Å². The summed E-state index contributed by atoms with van der Waals surface area (Å²) in [6, 6.07) is 5.22. The molecule has 2 N–H and O–H groups in total. The number of aliphatic carboxylic acids is 1. The van der Waals surface area contributed by atoms with Crippen LogP contribution in [0.3, 0.4) is 0 Å². The average Bonchev–Trinajstić information content (AvgIpc) is 2.08. The summed E-state index contributed by atoms with van der Waals surface area (Å²) in [5.41, 5.74) is 1.72. The number of aromatic hydroxyl groups is 1. The second-order valence-electron chi connectivity index (χ2n) is 3.56. The van der Waals surface area contributed by atoms with Crippen molar-refractivity contribution in [1.82, 2.24) is 0 Å². The fourth-order valence-corrected chi connectivity index (χ4v) is 1.44. The van der Waals surface area contributed by atoms with Gasteiger partial charge in [0.1, 0.15) is 5.75 Å². The number of phenolic OH excluding ortho intramolecular Hbond substituents is 1. The number of phenols is 1. The quantitative estimate of drug-likeness (QED) is 0.776. The van der Waals surface area contributed by atoms with Gasteiger partial charge in [0.2, 0.25) is 0 Å². The lowest BCUT2D eigenvalue weighted by molar-refractivity contribution is -0.137. The number of carboxylic acid groups (broad SMARTS) is 1. The molecule has 0 fully saturated rings. The van der Waals surface area contributed by atoms with E-state index in [9.17, 15) is 9.90 Å². The van der Waals surface area contributed by atoms with E-state index in [1.807, 2.05) is 13.0 Å². The van der Waals surface area contributed by atoms with Crippen LogP contribution in [0.5, 0.6) is 5.75 Å². The molecule has 0 spiro atoms. The zero-order valence-electron chi connectivity index (χ0n) is 8.32. The van der Waals surface area contributed by atoms with E-state index < -0.39 is 5.97 Å². The van der Waals surface area contributed by atoms with Crippen LogP contribution >= 0.6 is 0 Å². The number of aryl methyl sites for hydroxylation is 1. The molecule has 0 heterocycles. The SMILES string of the molecule is Cc1ccc(O)c(C(C)CC(=O)O)c1. The third-order valence-corrected chi connectivity index (χ3v) is 2.19. The highest BCUT2D eigenvalue weighted by Gasteiger charge is 2.13. The van der Waals surface area contributed by atoms with Crippen molar-refractivity contribution in [1.29, 1.82) is 0 Å². The van der Waals surface area contributed by atoms with Crippen molar-refractivity contribution in [2.75, 3.05) is 0 Å². The zero-order valence-corrected chi connectivity index (χ0v) is 8.32. The van der Waals surface area contributed by atoms with Gasteiger partial charge in [-0.3, -0.25) is 4.79 Å². The molecule has 0 aliphatic rings. The molecule has 3 nitrogen and oxygen atoms in total. The molecule has 1 aromatic carbocycles. The predicted octanol–water partition coefficient (Wildman–Crippen LogP) is 2.28. The zero-order chi connectivity index (χ0) is 10.7. The van der Waals surface area contributed by atoms with E-state index >= 15 is 0 Å². The molecule has 76 valence electrons. The van der Waals surface area contributed by atoms with Gasteiger partial charge in [-0.1, -0.05) is 24.6 Å². The fourth-order valence-electron chi connectivity index (χ4n) is 1.44. The van der Waals surface area contributed by atoms with Gasteiger partial charge in [0, 0.05) is 0 Å². The summed E-state index contributed by atoms with van der Waals surface area (Å²) < 4.78 is 0. The summed E-state index contributed by atoms with van der Waals surface area (Å²) in [7, 11) is 0. The number of hydrogen-bond acceptors (Lipinski definition) is 2. The molecule has 0 saturated carbocycles. The molecule has 1 aromatic rings. The highest BCUT2D eigenvalue weighted by molar-refractivity contribution is 5.68. The van der Waals surface area contributed by atoms with Crippen LogP contribution in [-0.4, -0.2) is 16.2 Å². The van der Waals surface area contributed by atoms with Crippen LogP contribution in [0.25, 0.3) is 0 Å². The molecule has 14 heavy (non-hydrogen) atoms. The average molecular weight is 194 g/mol. The monoisotopic (exact) mass is 194 g/mol. The van der Waals surface area contributed by atoms with E-state index in [-0.39, 0.29) is 18.1 Å². The Morgan fingerprint density at radius 1 is 1.50 bits per heavy atom. The summed E-state index contributed by atoms with van der Waals surface area (Å²) in [6.07, 6.45) is 0.0387. The van der Waals surface area contributed by atoms with Crippen LogP contribution in [0.2, 0.25) is 0 Å². The lowest BCUT2D eigenvalue weighted by Gasteiger charge is -2.11. The molecular formula is C11H14O3. The lowest BCUT2D eigenvalue weighted by atomic mass is 9.95. The van der Waals surface area contributed by atoms with Gasteiger partial charge in [0.15, 0.2) is 0 Å². The van der Waals surface area contributed by atoms with E-state index in [4.69, 9.17) is 5.11 Å².